The number of hydroxylamine groups is 4. The van der Waals surface area contributed by atoms with Crippen LogP contribution < -0.4 is 0 Å². The third-order valence-electron chi connectivity index (χ3n) is 12.2. The summed E-state index contributed by atoms with van der Waals surface area (Å²) in [7, 11) is 0. The van der Waals surface area contributed by atoms with Gasteiger partial charge < -0.3 is 10.2 Å². The van der Waals surface area contributed by atoms with Crippen LogP contribution in [-0.2, 0) is 30.1 Å². The Balaban J connectivity index is 1.66. The lowest BCUT2D eigenvalue weighted by atomic mass is 9.52. The lowest BCUT2D eigenvalue weighted by Gasteiger charge is -2.61. The second-order valence-electron chi connectivity index (χ2n) is 19.7. The molecule has 2 N–H and O–H groups in total. The molecule has 290 valence electrons. The van der Waals surface area contributed by atoms with Crippen LogP contribution in [0.1, 0.15) is 139 Å². The fraction of sp³-hybridized carbons (Fsp3) is 0.682. The van der Waals surface area contributed by atoms with Gasteiger partial charge in [0.05, 0.1) is 18.6 Å². The van der Waals surface area contributed by atoms with Crippen LogP contribution in [-0.4, -0.2) is 67.6 Å². The molecule has 0 saturated carbocycles. The molecule has 2 saturated heterocycles. The molecule has 0 bridgehead atoms. The van der Waals surface area contributed by atoms with Gasteiger partial charge in [-0.25, -0.2) is 0 Å². The summed E-state index contributed by atoms with van der Waals surface area (Å²) in [6, 6.07) is 20.8. The third kappa shape index (κ3) is 8.94. The Kier molecular flexibility index (Phi) is 12.2. The van der Waals surface area contributed by atoms with E-state index < -0.39 is 39.5 Å². The molecular formula is C44H68N2O6. The molecule has 2 aromatic carbocycles. The first-order valence-electron chi connectivity index (χ1n) is 19.3. The Labute approximate surface area is 314 Å². The molecule has 0 radical (unpaired) electrons. The summed E-state index contributed by atoms with van der Waals surface area (Å²) in [5, 5.41) is 25.5. The van der Waals surface area contributed by atoms with Crippen molar-refractivity contribution in [2.75, 3.05) is 13.2 Å². The molecule has 0 unspecified atom stereocenters. The van der Waals surface area contributed by atoms with E-state index in [0.29, 0.717) is 51.7 Å². The van der Waals surface area contributed by atoms with Crippen LogP contribution in [0.15, 0.2) is 60.7 Å². The van der Waals surface area contributed by atoms with E-state index in [0.717, 1.165) is 0 Å². The highest BCUT2D eigenvalue weighted by Crippen LogP contribution is 2.59. The first-order chi connectivity index (χ1) is 23.9. The fourth-order valence-electron chi connectivity index (χ4n) is 10.1. The smallest absolute Gasteiger partial charge is 0.310 e. The van der Waals surface area contributed by atoms with Crippen molar-refractivity contribution in [3.8, 4) is 0 Å². The lowest BCUT2D eigenvalue weighted by molar-refractivity contribution is -0.311. The predicted octanol–water partition coefficient (Wildman–Crippen LogP) is 9.67. The van der Waals surface area contributed by atoms with Crippen LogP contribution in [0.5, 0.6) is 0 Å². The SMILES string of the molecule is CC(C)(CON1C(C)(C)CC(C(CCCC(=O)O)(C(=O)O)C2CC(C)(C)N(OCC(C)(C)c3ccccc3)C(C)(C)C2)CC1(C)C)c1ccccc1. The summed E-state index contributed by atoms with van der Waals surface area (Å²) >= 11 is 0. The van der Waals surface area contributed by atoms with Gasteiger partial charge in [0, 0.05) is 39.4 Å². The molecule has 0 amide bonds. The number of piperidine rings is 2. The summed E-state index contributed by atoms with van der Waals surface area (Å²) in [5.74, 6) is -2.11. The molecule has 8 heteroatoms. The number of benzene rings is 2. The highest BCUT2D eigenvalue weighted by molar-refractivity contribution is 5.76. The van der Waals surface area contributed by atoms with Gasteiger partial charge in [0.1, 0.15) is 0 Å². The summed E-state index contributed by atoms with van der Waals surface area (Å²) in [5.41, 5.74) is -1.11. The second-order valence-corrected chi connectivity index (χ2v) is 19.7. The Bertz CT molecular complexity index is 1380. The van der Waals surface area contributed by atoms with Gasteiger partial charge in [0.15, 0.2) is 0 Å². The van der Waals surface area contributed by atoms with Gasteiger partial charge in [0.2, 0.25) is 0 Å². The quantitative estimate of drug-likeness (QED) is 0.188. The molecule has 0 aromatic heterocycles. The van der Waals surface area contributed by atoms with E-state index in [4.69, 9.17) is 9.68 Å². The molecular weight excluding hydrogens is 652 g/mol. The highest BCUT2D eigenvalue weighted by Gasteiger charge is 2.62. The van der Waals surface area contributed by atoms with E-state index >= 15 is 0 Å². The van der Waals surface area contributed by atoms with Gasteiger partial charge in [0.25, 0.3) is 0 Å². The van der Waals surface area contributed by atoms with E-state index in [-0.39, 0.29) is 29.1 Å². The zero-order valence-electron chi connectivity index (χ0n) is 34.2. The topological polar surface area (TPSA) is 99.5 Å². The van der Waals surface area contributed by atoms with Crippen molar-refractivity contribution in [2.45, 2.75) is 161 Å². The molecule has 8 nitrogen and oxygen atoms in total. The van der Waals surface area contributed by atoms with Gasteiger partial charge >= 0.3 is 11.9 Å². The number of carbonyl (C=O) groups is 2. The van der Waals surface area contributed by atoms with Crippen molar-refractivity contribution in [1.29, 1.82) is 0 Å². The summed E-state index contributed by atoms with van der Waals surface area (Å²) in [4.78, 5) is 39.4. The van der Waals surface area contributed by atoms with Crippen LogP contribution in [0.3, 0.4) is 0 Å². The Morgan fingerprint density at radius 2 is 0.962 bits per heavy atom. The molecule has 2 aromatic rings. The molecule has 2 aliphatic rings. The van der Waals surface area contributed by atoms with Crippen molar-refractivity contribution in [2.24, 2.45) is 17.3 Å². The molecule has 0 atom stereocenters. The zero-order valence-corrected chi connectivity index (χ0v) is 34.2. The van der Waals surface area contributed by atoms with Crippen molar-refractivity contribution in [3.05, 3.63) is 71.8 Å². The van der Waals surface area contributed by atoms with E-state index in [9.17, 15) is 19.8 Å². The van der Waals surface area contributed by atoms with Crippen LogP contribution >= 0.6 is 0 Å². The van der Waals surface area contributed by atoms with Gasteiger partial charge in [-0.15, -0.1) is 0 Å². The molecule has 0 aliphatic carbocycles. The minimum Gasteiger partial charge on any atom is -0.481 e. The summed E-state index contributed by atoms with van der Waals surface area (Å²) < 4.78 is 0. The highest BCUT2D eigenvalue weighted by atomic mass is 16.7. The number of rotatable bonds is 15. The van der Waals surface area contributed by atoms with Crippen molar-refractivity contribution >= 4 is 11.9 Å². The number of hydrogen-bond donors (Lipinski definition) is 2. The minimum atomic E-state index is -1.14. The first kappa shape index (κ1) is 42.0. The molecule has 4 rings (SSSR count). The Hall–Kier alpha value is -2.78. The van der Waals surface area contributed by atoms with Crippen LogP contribution in [0, 0.1) is 17.3 Å². The maximum Gasteiger partial charge on any atom is 0.310 e. The molecule has 52 heavy (non-hydrogen) atoms. The summed E-state index contributed by atoms with van der Waals surface area (Å²) in [6.45, 7) is 27.1. The van der Waals surface area contributed by atoms with Crippen molar-refractivity contribution in [3.63, 3.8) is 0 Å². The first-order valence-corrected chi connectivity index (χ1v) is 19.3. The summed E-state index contributed by atoms with van der Waals surface area (Å²) in [6.07, 6.45) is 3.03. The van der Waals surface area contributed by atoms with Crippen LogP contribution in [0.4, 0.5) is 0 Å². The number of nitrogens with zero attached hydrogens (tertiary/aromatic N) is 2. The van der Waals surface area contributed by atoms with Crippen LogP contribution in [0.25, 0.3) is 0 Å². The number of hydrogen-bond acceptors (Lipinski definition) is 6. The number of carboxylic acid groups (broad SMARTS) is 2. The predicted molar refractivity (Wildman–Crippen MR) is 208 cm³/mol. The average Bonchev–Trinajstić information content (AvgIpc) is 3.01. The van der Waals surface area contributed by atoms with Gasteiger partial charge in [-0.05, 0) is 117 Å². The van der Waals surface area contributed by atoms with E-state index in [1.54, 1.807) is 0 Å². The van der Waals surface area contributed by atoms with E-state index in [2.05, 4.69) is 142 Å². The third-order valence-corrected chi connectivity index (χ3v) is 12.2. The standard InChI is InChI=1S/C44H68N2O6/c1-38(2,32-20-15-13-16-21-32)30-51-45-40(5,6)26-34(27-41(45,7)8)44(37(49)50,25-19-24-36(47)48)35-28-42(9,10)46(43(11,12)29-35)52-31-39(3,4)33-22-17-14-18-23-33/h13-18,20-23,34-35H,19,24-31H2,1-12H3,(H,47,48)(H,49,50). The fourth-order valence-corrected chi connectivity index (χ4v) is 10.1. The number of carboxylic acids is 2. The second kappa shape index (κ2) is 15.2. The maximum atomic E-state index is 14.1. The van der Waals surface area contributed by atoms with E-state index in [1.807, 2.05) is 12.1 Å². The monoisotopic (exact) mass is 721 g/mol. The van der Waals surface area contributed by atoms with Gasteiger partial charge in [-0.3, -0.25) is 19.3 Å². The normalized spacial score (nSPS) is 21.5. The van der Waals surface area contributed by atoms with Gasteiger partial charge in [-0.2, -0.15) is 10.1 Å². The molecule has 2 fully saturated rings. The largest absolute Gasteiger partial charge is 0.481 e. The van der Waals surface area contributed by atoms with E-state index in [1.165, 1.54) is 11.1 Å². The minimum absolute atomic E-state index is 0.0539. The van der Waals surface area contributed by atoms with Crippen LogP contribution in [0.2, 0.25) is 0 Å². The Morgan fingerprint density at radius 1 is 0.635 bits per heavy atom. The molecule has 2 heterocycles. The van der Waals surface area contributed by atoms with Crippen molar-refractivity contribution in [1.82, 2.24) is 10.1 Å². The van der Waals surface area contributed by atoms with Crippen molar-refractivity contribution < 1.29 is 29.5 Å². The maximum absolute atomic E-state index is 14.1. The average molecular weight is 721 g/mol. The molecule has 2 aliphatic heterocycles. The lowest BCUT2D eigenvalue weighted by Crippen LogP contribution is -2.67. The Morgan fingerprint density at radius 3 is 1.25 bits per heavy atom. The van der Waals surface area contributed by atoms with Gasteiger partial charge in [-0.1, -0.05) is 88.4 Å². The molecule has 0 spiro atoms. The number of aliphatic carboxylic acids is 2. The zero-order chi connectivity index (χ0) is 39.0.